The smallest absolute Gasteiger partial charge is 0.165 e. The molecule has 4 heteroatoms. The molecule has 0 unspecified atom stereocenters. The molecule has 94 valence electrons. The van der Waals surface area contributed by atoms with E-state index in [0.717, 1.165) is 17.5 Å². The summed E-state index contributed by atoms with van der Waals surface area (Å²) in [4.78, 5) is 3.95. The molecule has 18 heavy (non-hydrogen) atoms. The van der Waals surface area contributed by atoms with E-state index < -0.39 is 0 Å². The Morgan fingerprint density at radius 2 is 1.94 bits per heavy atom. The summed E-state index contributed by atoms with van der Waals surface area (Å²) in [6.07, 6.45) is 4.21. The molecule has 0 amide bonds. The van der Waals surface area contributed by atoms with Crippen LogP contribution in [0.1, 0.15) is 11.1 Å². The summed E-state index contributed by atoms with van der Waals surface area (Å²) in [5.41, 5.74) is 1.95. The summed E-state index contributed by atoms with van der Waals surface area (Å²) >= 11 is 3.32. The van der Waals surface area contributed by atoms with Gasteiger partial charge in [-0.3, -0.25) is 4.98 Å². The van der Waals surface area contributed by atoms with Gasteiger partial charge in [-0.05, 0) is 23.8 Å². The number of hydrogen-bond acceptors (Lipinski definition) is 2. The second-order valence-corrected chi connectivity index (χ2v) is 4.38. The minimum absolute atomic E-state index is 0.318. The molecule has 0 aliphatic heterocycles. The number of ether oxygens (including phenoxy) is 1. The number of hydrogen-bond donors (Lipinski definition) is 0. The van der Waals surface area contributed by atoms with Gasteiger partial charge in [-0.15, -0.1) is 0 Å². The molecule has 0 radical (unpaired) electrons. The second-order valence-electron chi connectivity index (χ2n) is 3.82. The van der Waals surface area contributed by atoms with E-state index in [-0.39, 0.29) is 5.82 Å². The largest absolute Gasteiger partial charge is 0.490 e. The molecule has 0 aliphatic rings. The lowest BCUT2D eigenvalue weighted by Crippen LogP contribution is -2.04. The number of halogens is 2. The first-order valence-corrected chi connectivity index (χ1v) is 6.78. The third-order valence-corrected chi connectivity index (χ3v) is 3.18. The van der Waals surface area contributed by atoms with Gasteiger partial charge in [-0.25, -0.2) is 4.39 Å². The lowest BCUT2D eigenvalue weighted by Gasteiger charge is -2.10. The highest BCUT2D eigenvalue weighted by Gasteiger charge is 2.08. The molecule has 0 spiro atoms. The van der Waals surface area contributed by atoms with Gasteiger partial charge in [0.15, 0.2) is 11.6 Å². The number of nitrogens with zero attached hydrogens (tertiary/aromatic N) is 1. The van der Waals surface area contributed by atoms with E-state index in [0.29, 0.717) is 17.7 Å². The van der Waals surface area contributed by atoms with Crippen molar-refractivity contribution in [3.63, 3.8) is 0 Å². The summed E-state index contributed by atoms with van der Waals surface area (Å²) in [7, 11) is 0. The van der Waals surface area contributed by atoms with E-state index in [1.54, 1.807) is 18.5 Å². The van der Waals surface area contributed by atoms with E-state index in [1.165, 1.54) is 6.07 Å². The normalized spacial score (nSPS) is 10.3. The van der Waals surface area contributed by atoms with Crippen LogP contribution in [-0.2, 0) is 11.8 Å². The van der Waals surface area contributed by atoms with Gasteiger partial charge in [-0.2, -0.15) is 0 Å². The van der Waals surface area contributed by atoms with Crippen LogP contribution in [-0.4, -0.2) is 11.6 Å². The minimum Gasteiger partial charge on any atom is -0.490 e. The Bertz CT molecular complexity index is 504. The van der Waals surface area contributed by atoms with Crippen molar-refractivity contribution in [2.45, 2.75) is 11.8 Å². The zero-order valence-corrected chi connectivity index (χ0v) is 11.4. The molecule has 0 saturated heterocycles. The first-order valence-electron chi connectivity index (χ1n) is 5.66. The van der Waals surface area contributed by atoms with E-state index in [4.69, 9.17) is 4.74 Å². The quantitative estimate of drug-likeness (QED) is 0.785. The highest BCUT2D eigenvalue weighted by molar-refractivity contribution is 9.08. The van der Waals surface area contributed by atoms with Crippen molar-refractivity contribution in [2.75, 3.05) is 6.61 Å². The van der Waals surface area contributed by atoms with Gasteiger partial charge in [0.05, 0.1) is 6.61 Å². The average Bonchev–Trinajstić information content (AvgIpc) is 2.41. The molecule has 2 rings (SSSR count). The van der Waals surface area contributed by atoms with Gasteiger partial charge in [0.2, 0.25) is 0 Å². The number of aromatic nitrogens is 1. The Morgan fingerprint density at radius 1 is 1.17 bits per heavy atom. The van der Waals surface area contributed by atoms with Crippen LogP contribution >= 0.6 is 15.9 Å². The highest BCUT2D eigenvalue weighted by Crippen LogP contribution is 2.24. The van der Waals surface area contributed by atoms with Crippen LogP contribution in [0.15, 0.2) is 42.7 Å². The van der Waals surface area contributed by atoms with Crippen molar-refractivity contribution in [2.24, 2.45) is 0 Å². The van der Waals surface area contributed by atoms with Gasteiger partial charge in [-0.1, -0.05) is 28.1 Å². The maximum Gasteiger partial charge on any atom is 0.165 e. The lowest BCUT2D eigenvalue weighted by atomic mass is 10.2. The van der Waals surface area contributed by atoms with E-state index in [2.05, 4.69) is 20.9 Å². The Morgan fingerprint density at radius 3 is 2.67 bits per heavy atom. The lowest BCUT2D eigenvalue weighted by molar-refractivity contribution is 0.303. The summed E-state index contributed by atoms with van der Waals surface area (Å²) < 4.78 is 19.1. The minimum atomic E-state index is -0.318. The molecule has 0 fully saturated rings. The fourth-order valence-corrected chi connectivity index (χ4v) is 2.08. The van der Waals surface area contributed by atoms with Crippen molar-refractivity contribution in [1.82, 2.24) is 4.98 Å². The van der Waals surface area contributed by atoms with Crippen molar-refractivity contribution in [3.8, 4) is 5.75 Å². The molecule has 1 aromatic carbocycles. The fraction of sp³-hybridized carbons (Fsp3) is 0.214. The van der Waals surface area contributed by atoms with Crippen molar-refractivity contribution < 1.29 is 9.13 Å². The molecule has 0 N–H and O–H groups in total. The number of pyridine rings is 1. The Hall–Kier alpha value is -1.42. The topological polar surface area (TPSA) is 22.1 Å². The van der Waals surface area contributed by atoms with Crippen LogP contribution in [0.3, 0.4) is 0 Å². The maximum atomic E-state index is 13.6. The summed E-state index contributed by atoms with van der Waals surface area (Å²) in [6.45, 7) is 0.449. The van der Waals surface area contributed by atoms with Gasteiger partial charge in [0.25, 0.3) is 0 Å². The van der Waals surface area contributed by atoms with Gasteiger partial charge in [0, 0.05) is 29.7 Å². The predicted molar refractivity (Wildman–Crippen MR) is 72.5 cm³/mol. The first-order chi connectivity index (χ1) is 8.81. The van der Waals surface area contributed by atoms with E-state index in [1.807, 2.05) is 18.2 Å². The first kappa shape index (κ1) is 13.0. The molecular weight excluding hydrogens is 297 g/mol. The third-order valence-electron chi connectivity index (χ3n) is 2.58. The SMILES string of the molecule is Fc1cccc(CBr)c1OCCc1ccncc1. The van der Waals surface area contributed by atoms with Crippen molar-refractivity contribution in [1.29, 1.82) is 0 Å². The molecule has 2 nitrogen and oxygen atoms in total. The van der Waals surface area contributed by atoms with Crippen LogP contribution in [0, 0.1) is 5.82 Å². The maximum absolute atomic E-state index is 13.6. The van der Waals surface area contributed by atoms with Gasteiger partial charge >= 0.3 is 0 Å². The number of para-hydroxylation sites is 1. The Labute approximate surface area is 114 Å². The van der Waals surface area contributed by atoms with E-state index >= 15 is 0 Å². The monoisotopic (exact) mass is 309 g/mol. The van der Waals surface area contributed by atoms with Crippen LogP contribution in [0.25, 0.3) is 0 Å². The Balaban J connectivity index is 1.98. The molecule has 2 aromatic rings. The number of rotatable bonds is 5. The summed E-state index contributed by atoms with van der Waals surface area (Å²) in [6, 6.07) is 8.79. The average molecular weight is 310 g/mol. The van der Waals surface area contributed by atoms with Gasteiger partial charge in [0.1, 0.15) is 0 Å². The van der Waals surface area contributed by atoms with Gasteiger partial charge < -0.3 is 4.74 Å². The second kappa shape index (κ2) is 6.50. The van der Waals surface area contributed by atoms with E-state index in [9.17, 15) is 4.39 Å². The molecule has 0 atom stereocenters. The van der Waals surface area contributed by atoms with Crippen molar-refractivity contribution in [3.05, 3.63) is 59.7 Å². The fourth-order valence-electron chi connectivity index (χ4n) is 1.64. The summed E-state index contributed by atoms with van der Waals surface area (Å²) in [5.74, 6) is 0.0186. The molecule has 0 aliphatic carbocycles. The predicted octanol–water partition coefficient (Wildman–Crippen LogP) is 3.74. The highest BCUT2D eigenvalue weighted by atomic mass is 79.9. The molecule has 1 heterocycles. The van der Waals surface area contributed by atoms with Crippen LogP contribution < -0.4 is 4.74 Å². The Kier molecular flexibility index (Phi) is 4.70. The molecule has 0 bridgehead atoms. The molecular formula is C14H13BrFNO. The van der Waals surface area contributed by atoms with Crippen molar-refractivity contribution >= 4 is 15.9 Å². The molecule has 0 saturated carbocycles. The number of alkyl halides is 1. The number of benzene rings is 1. The van der Waals surface area contributed by atoms with Crippen LogP contribution in [0.4, 0.5) is 4.39 Å². The zero-order valence-electron chi connectivity index (χ0n) is 9.77. The van der Waals surface area contributed by atoms with Crippen LogP contribution in [0.2, 0.25) is 0 Å². The zero-order chi connectivity index (χ0) is 12.8. The standard InChI is InChI=1S/C14H13BrFNO/c15-10-12-2-1-3-13(16)14(12)18-9-6-11-4-7-17-8-5-11/h1-5,7-8H,6,9-10H2. The third kappa shape index (κ3) is 3.29. The summed E-state index contributed by atoms with van der Waals surface area (Å²) in [5, 5.41) is 0.579. The molecule has 1 aromatic heterocycles. The van der Waals surface area contributed by atoms with Crippen LogP contribution in [0.5, 0.6) is 5.75 Å².